The van der Waals surface area contributed by atoms with Crippen LogP contribution < -0.4 is 0 Å². The Morgan fingerprint density at radius 2 is 1.81 bits per heavy atom. The van der Waals surface area contributed by atoms with Gasteiger partial charge in [-0.2, -0.15) is 0 Å². The molecule has 1 aromatic rings. The molecule has 1 rings (SSSR count). The van der Waals surface area contributed by atoms with Crippen molar-refractivity contribution in [3.63, 3.8) is 0 Å². The summed E-state index contributed by atoms with van der Waals surface area (Å²) in [5, 5.41) is 18.3. The highest BCUT2D eigenvalue weighted by molar-refractivity contribution is 5.94. The lowest BCUT2D eigenvalue weighted by atomic mass is 10.1. The molecular formula is C22H33N3O6. The van der Waals surface area contributed by atoms with Gasteiger partial charge in [-0.3, -0.25) is 5.41 Å². The zero-order chi connectivity index (χ0) is 23.4. The van der Waals surface area contributed by atoms with Crippen molar-refractivity contribution in [1.29, 1.82) is 5.41 Å². The van der Waals surface area contributed by atoms with Crippen molar-refractivity contribution in [3.05, 3.63) is 35.9 Å². The van der Waals surface area contributed by atoms with E-state index in [9.17, 15) is 19.5 Å². The number of rotatable bonds is 10. The largest absolute Gasteiger partial charge is 0.480 e. The van der Waals surface area contributed by atoms with Crippen LogP contribution in [0.25, 0.3) is 0 Å². The van der Waals surface area contributed by atoms with Crippen LogP contribution in [0.3, 0.4) is 0 Å². The molecule has 1 unspecified atom stereocenters. The zero-order valence-electron chi connectivity index (χ0n) is 18.7. The lowest BCUT2D eigenvalue weighted by molar-refractivity contribution is -0.170. The van der Waals surface area contributed by atoms with Gasteiger partial charge in [0.05, 0.1) is 13.0 Å². The molecule has 1 atom stereocenters. The van der Waals surface area contributed by atoms with E-state index < -0.39 is 30.0 Å². The molecule has 0 bridgehead atoms. The van der Waals surface area contributed by atoms with E-state index in [1.165, 1.54) is 7.05 Å². The van der Waals surface area contributed by atoms with Gasteiger partial charge in [0.1, 0.15) is 6.04 Å². The standard InChI is InChI=1S/C22H33N3O6/c1-5-6-12-18(20(27)28)24(4)21(23)25(22(29)30-15-16(2)3)31-19(26)14-13-17-10-8-7-9-11-17/h7-11,16,18,23H,5-6,12-15H2,1-4H3,(H,27,28). The number of hydrogen-bond donors (Lipinski definition) is 2. The number of likely N-dealkylation sites (N-methyl/N-ethyl adjacent to an activating group) is 1. The first kappa shape index (κ1) is 25.9. The SMILES string of the molecule is CCCCC(C(=O)O)N(C)C(=N)N(OC(=O)CCc1ccccc1)C(=O)OCC(C)C. The maximum Gasteiger partial charge on any atom is 0.451 e. The van der Waals surface area contributed by atoms with E-state index in [0.29, 0.717) is 17.9 Å². The molecule has 1 amide bonds. The van der Waals surface area contributed by atoms with Crippen molar-refractivity contribution in [2.24, 2.45) is 5.92 Å². The molecule has 172 valence electrons. The minimum Gasteiger partial charge on any atom is -0.480 e. The van der Waals surface area contributed by atoms with Gasteiger partial charge in [0.25, 0.3) is 0 Å². The second kappa shape index (κ2) is 13.3. The summed E-state index contributed by atoms with van der Waals surface area (Å²) in [7, 11) is 1.37. The maximum absolute atomic E-state index is 12.5. The Hall–Kier alpha value is -3.10. The van der Waals surface area contributed by atoms with Crippen LogP contribution >= 0.6 is 0 Å². The van der Waals surface area contributed by atoms with Crippen molar-refractivity contribution in [2.45, 2.75) is 58.9 Å². The molecule has 0 saturated heterocycles. The Morgan fingerprint density at radius 3 is 2.35 bits per heavy atom. The molecule has 0 aliphatic heterocycles. The van der Waals surface area contributed by atoms with Gasteiger partial charge in [0, 0.05) is 7.05 Å². The molecule has 0 spiro atoms. The first-order chi connectivity index (χ1) is 14.7. The molecule has 9 heteroatoms. The van der Waals surface area contributed by atoms with Crippen LogP contribution in [0.1, 0.15) is 52.0 Å². The van der Waals surface area contributed by atoms with Gasteiger partial charge in [0.15, 0.2) is 0 Å². The number of guanidine groups is 1. The van der Waals surface area contributed by atoms with E-state index in [4.69, 9.17) is 15.0 Å². The number of aliphatic carboxylic acids is 1. The molecule has 1 aromatic carbocycles. The van der Waals surface area contributed by atoms with E-state index >= 15 is 0 Å². The number of carboxylic acids is 1. The summed E-state index contributed by atoms with van der Waals surface area (Å²) in [4.78, 5) is 42.8. The third-order valence-electron chi connectivity index (χ3n) is 4.47. The highest BCUT2D eigenvalue weighted by Gasteiger charge is 2.33. The number of hydroxylamine groups is 2. The number of unbranched alkanes of at least 4 members (excludes halogenated alkanes) is 1. The lowest BCUT2D eigenvalue weighted by Gasteiger charge is -2.31. The number of benzene rings is 1. The van der Waals surface area contributed by atoms with Crippen molar-refractivity contribution in [2.75, 3.05) is 13.7 Å². The van der Waals surface area contributed by atoms with Crippen LogP contribution in [-0.2, 0) is 25.6 Å². The van der Waals surface area contributed by atoms with E-state index in [0.717, 1.165) is 16.9 Å². The molecule has 2 N–H and O–H groups in total. The molecule has 0 aromatic heterocycles. The number of hydrogen-bond acceptors (Lipinski definition) is 6. The summed E-state index contributed by atoms with van der Waals surface area (Å²) in [5.41, 5.74) is 0.922. The summed E-state index contributed by atoms with van der Waals surface area (Å²) in [5.74, 6) is -2.41. The predicted octanol–water partition coefficient (Wildman–Crippen LogP) is 3.68. The number of nitrogens with zero attached hydrogens (tertiary/aromatic N) is 2. The van der Waals surface area contributed by atoms with Crippen molar-refractivity contribution in [1.82, 2.24) is 9.96 Å². The van der Waals surface area contributed by atoms with Crippen LogP contribution in [0.5, 0.6) is 0 Å². The van der Waals surface area contributed by atoms with Crippen molar-refractivity contribution in [3.8, 4) is 0 Å². The van der Waals surface area contributed by atoms with Gasteiger partial charge < -0.3 is 19.6 Å². The van der Waals surface area contributed by atoms with Crippen LogP contribution in [0.4, 0.5) is 4.79 Å². The number of aryl methyl sites for hydroxylation is 1. The number of ether oxygens (including phenoxy) is 1. The average molecular weight is 436 g/mol. The fourth-order valence-corrected chi connectivity index (χ4v) is 2.67. The molecule has 0 heterocycles. The summed E-state index contributed by atoms with van der Waals surface area (Å²) in [6, 6.07) is 8.25. The third-order valence-corrected chi connectivity index (χ3v) is 4.47. The molecule has 0 fully saturated rings. The normalized spacial score (nSPS) is 11.5. The van der Waals surface area contributed by atoms with Crippen LogP contribution in [0.2, 0.25) is 0 Å². The third kappa shape index (κ3) is 9.06. The highest BCUT2D eigenvalue weighted by Crippen LogP contribution is 2.13. The van der Waals surface area contributed by atoms with Gasteiger partial charge in [0.2, 0.25) is 5.96 Å². The van der Waals surface area contributed by atoms with E-state index in [-0.39, 0.29) is 25.4 Å². The van der Waals surface area contributed by atoms with Gasteiger partial charge in [-0.05, 0) is 24.3 Å². The molecule has 9 nitrogen and oxygen atoms in total. The smallest absolute Gasteiger partial charge is 0.451 e. The van der Waals surface area contributed by atoms with E-state index in [1.54, 1.807) is 0 Å². The Bertz CT molecular complexity index is 738. The van der Waals surface area contributed by atoms with Crippen LogP contribution in [0.15, 0.2) is 30.3 Å². The van der Waals surface area contributed by atoms with Crippen molar-refractivity contribution < 1.29 is 29.1 Å². The Labute approximate surface area is 183 Å². The lowest BCUT2D eigenvalue weighted by Crippen LogP contribution is -2.52. The predicted molar refractivity (Wildman–Crippen MR) is 115 cm³/mol. The molecule has 0 aliphatic rings. The maximum atomic E-state index is 12.5. The minimum atomic E-state index is -1.13. The monoisotopic (exact) mass is 435 g/mol. The quantitative estimate of drug-likeness (QED) is 0.327. The number of amides is 1. The van der Waals surface area contributed by atoms with Crippen molar-refractivity contribution >= 4 is 24.0 Å². The number of carbonyl (C=O) groups is 3. The fourth-order valence-electron chi connectivity index (χ4n) is 2.67. The molecule has 0 radical (unpaired) electrons. The summed E-state index contributed by atoms with van der Waals surface area (Å²) in [6.45, 7) is 5.67. The van der Waals surface area contributed by atoms with Gasteiger partial charge in [-0.1, -0.05) is 69.0 Å². The minimum absolute atomic E-state index is 0.0207. The fraction of sp³-hybridized carbons (Fsp3) is 0.545. The molecule has 0 saturated carbocycles. The number of carboxylic acid groups (broad SMARTS) is 1. The second-order valence-corrected chi connectivity index (χ2v) is 7.64. The Morgan fingerprint density at radius 1 is 1.16 bits per heavy atom. The van der Waals surface area contributed by atoms with E-state index in [1.807, 2.05) is 51.1 Å². The van der Waals surface area contributed by atoms with E-state index in [2.05, 4.69) is 0 Å². The van der Waals surface area contributed by atoms with Crippen LogP contribution in [-0.4, -0.2) is 58.8 Å². The molecule has 0 aliphatic carbocycles. The average Bonchev–Trinajstić information content (AvgIpc) is 2.74. The Kier molecular flexibility index (Phi) is 11.1. The molecular weight excluding hydrogens is 402 g/mol. The summed E-state index contributed by atoms with van der Waals surface area (Å²) < 4.78 is 5.12. The van der Waals surface area contributed by atoms with Gasteiger partial charge >= 0.3 is 18.0 Å². The first-order valence-corrected chi connectivity index (χ1v) is 10.4. The number of carbonyl (C=O) groups excluding carboxylic acids is 2. The highest BCUT2D eigenvalue weighted by atomic mass is 16.8. The van der Waals surface area contributed by atoms with Crippen LogP contribution in [0, 0.1) is 11.3 Å². The molecule has 31 heavy (non-hydrogen) atoms. The summed E-state index contributed by atoms with van der Waals surface area (Å²) in [6.07, 6.45) is 1.02. The van der Waals surface area contributed by atoms with Gasteiger partial charge in [-0.15, -0.1) is 0 Å². The first-order valence-electron chi connectivity index (χ1n) is 10.4. The van der Waals surface area contributed by atoms with Gasteiger partial charge in [-0.25, -0.2) is 14.4 Å². The zero-order valence-corrected chi connectivity index (χ0v) is 18.7. The number of nitrogens with one attached hydrogen (secondary N) is 1. The summed E-state index contributed by atoms with van der Waals surface area (Å²) >= 11 is 0. The Balaban J connectivity index is 2.92. The second-order valence-electron chi connectivity index (χ2n) is 7.64. The topological polar surface area (TPSA) is 120 Å².